The molecule has 2 amide bonds. The lowest BCUT2D eigenvalue weighted by atomic mass is 10.1. The maximum absolute atomic E-state index is 12.6. The van der Waals surface area contributed by atoms with Crippen molar-refractivity contribution in [2.45, 2.75) is 0 Å². The standard InChI is InChI=1S/C21H15N5O7S/c1-2-5-24-17-8-12(3-4-18(17)33-10-19(24)27)16-11-34-21(22-16)23-20(28)13-6-14(25(29)30)9-15(7-13)26(31)32/h2-4,6-9,11H,1,5,10H2,(H,22,23,28). The van der Waals surface area contributed by atoms with Crippen molar-refractivity contribution in [1.29, 1.82) is 0 Å². The first-order valence-corrected chi connectivity index (χ1v) is 10.5. The van der Waals surface area contributed by atoms with Crippen LogP contribution in [0.1, 0.15) is 10.4 Å². The van der Waals surface area contributed by atoms with Gasteiger partial charge < -0.3 is 9.64 Å². The van der Waals surface area contributed by atoms with Gasteiger partial charge in [0.15, 0.2) is 11.7 Å². The first kappa shape index (κ1) is 22.5. The first-order valence-electron chi connectivity index (χ1n) is 9.66. The highest BCUT2D eigenvalue weighted by Gasteiger charge is 2.25. The molecule has 1 aliphatic heterocycles. The van der Waals surface area contributed by atoms with E-state index < -0.39 is 27.1 Å². The summed E-state index contributed by atoms with van der Waals surface area (Å²) in [5.41, 5.74) is 0.333. The van der Waals surface area contributed by atoms with Crippen LogP contribution in [0.25, 0.3) is 11.3 Å². The zero-order chi connectivity index (χ0) is 24.4. The SMILES string of the molecule is C=CCN1C(=O)COc2ccc(-c3csc(NC(=O)c4cc([N+](=O)[O-])cc([N+](=O)[O-])c4)n3)cc21. The predicted molar refractivity (Wildman–Crippen MR) is 123 cm³/mol. The molecule has 0 atom stereocenters. The van der Waals surface area contributed by atoms with Gasteiger partial charge in [0.25, 0.3) is 23.2 Å². The van der Waals surface area contributed by atoms with Crippen molar-refractivity contribution in [2.75, 3.05) is 23.4 Å². The molecule has 2 aromatic carbocycles. The molecule has 34 heavy (non-hydrogen) atoms. The summed E-state index contributed by atoms with van der Waals surface area (Å²) < 4.78 is 5.47. The second-order valence-corrected chi connectivity index (χ2v) is 7.87. The number of fused-ring (bicyclic) bond motifs is 1. The van der Waals surface area contributed by atoms with E-state index in [1.54, 1.807) is 34.6 Å². The van der Waals surface area contributed by atoms with Gasteiger partial charge in [-0.2, -0.15) is 0 Å². The fourth-order valence-corrected chi connectivity index (χ4v) is 3.98. The fraction of sp³-hybridized carbons (Fsp3) is 0.0952. The number of nitrogens with one attached hydrogen (secondary N) is 1. The molecule has 0 radical (unpaired) electrons. The van der Waals surface area contributed by atoms with Gasteiger partial charge in [-0.25, -0.2) is 4.98 Å². The number of ether oxygens (including phenoxy) is 1. The smallest absolute Gasteiger partial charge is 0.277 e. The van der Waals surface area contributed by atoms with E-state index in [9.17, 15) is 29.8 Å². The second-order valence-electron chi connectivity index (χ2n) is 7.01. The van der Waals surface area contributed by atoms with Crippen LogP contribution in [-0.2, 0) is 4.79 Å². The number of hydrogen-bond acceptors (Lipinski definition) is 9. The molecule has 0 bridgehead atoms. The summed E-state index contributed by atoms with van der Waals surface area (Å²) in [5, 5.41) is 26.5. The minimum absolute atomic E-state index is 0.0666. The van der Waals surface area contributed by atoms with Gasteiger partial charge in [-0.15, -0.1) is 17.9 Å². The second kappa shape index (κ2) is 9.07. The molecular weight excluding hydrogens is 466 g/mol. The lowest BCUT2D eigenvalue weighted by Crippen LogP contribution is -2.38. The van der Waals surface area contributed by atoms with Crippen molar-refractivity contribution in [2.24, 2.45) is 0 Å². The Morgan fingerprint density at radius 3 is 2.56 bits per heavy atom. The van der Waals surface area contributed by atoms with E-state index in [2.05, 4.69) is 16.9 Å². The quantitative estimate of drug-likeness (QED) is 0.303. The third-order valence-electron chi connectivity index (χ3n) is 4.82. The molecule has 4 rings (SSSR count). The summed E-state index contributed by atoms with van der Waals surface area (Å²) >= 11 is 1.10. The Bertz CT molecular complexity index is 1320. The highest BCUT2D eigenvalue weighted by atomic mass is 32.1. The molecule has 12 nitrogen and oxygen atoms in total. The zero-order valence-corrected chi connectivity index (χ0v) is 18.1. The zero-order valence-electron chi connectivity index (χ0n) is 17.3. The van der Waals surface area contributed by atoms with E-state index in [0.29, 0.717) is 29.2 Å². The maximum atomic E-state index is 12.6. The number of thiazole rings is 1. The molecular formula is C21H15N5O7S. The summed E-state index contributed by atoms with van der Waals surface area (Å²) in [6.07, 6.45) is 1.61. The minimum atomic E-state index is -0.814. The van der Waals surface area contributed by atoms with Gasteiger partial charge >= 0.3 is 0 Å². The Labute approximate surface area is 195 Å². The molecule has 1 aliphatic rings. The highest BCUT2D eigenvalue weighted by Crippen LogP contribution is 2.37. The van der Waals surface area contributed by atoms with Crippen LogP contribution in [0.5, 0.6) is 5.75 Å². The number of aromatic nitrogens is 1. The Morgan fingerprint density at radius 2 is 1.91 bits per heavy atom. The number of nitrogens with zero attached hydrogens (tertiary/aromatic N) is 4. The fourth-order valence-electron chi connectivity index (χ4n) is 3.26. The summed E-state index contributed by atoms with van der Waals surface area (Å²) in [6, 6.07) is 7.88. The molecule has 0 fully saturated rings. The van der Waals surface area contributed by atoms with Crippen LogP contribution < -0.4 is 15.0 Å². The number of carbonyl (C=O) groups excluding carboxylic acids is 2. The summed E-state index contributed by atoms with van der Waals surface area (Å²) in [7, 11) is 0. The molecule has 0 spiro atoms. The third-order valence-corrected chi connectivity index (χ3v) is 5.58. The number of nitro groups is 2. The molecule has 13 heteroatoms. The van der Waals surface area contributed by atoms with Crippen molar-refractivity contribution in [3.63, 3.8) is 0 Å². The van der Waals surface area contributed by atoms with Crippen molar-refractivity contribution in [3.05, 3.63) is 80.2 Å². The Hall–Kier alpha value is -4.65. The predicted octanol–water partition coefficient (Wildman–Crippen LogP) is 3.79. The van der Waals surface area contributed by atoms with Gasteiger partial charge in [-0.05, 0) is 18.2 Å². The van der Waals surface area contributed by atoms with Gasteiger partial charge in [-0.1, -0.05) is 6.08 Å². The van der Waals surface area contributed by atoms with Crippen LogP contribution in [0, 0.1) is 20.2 Å². The van der Waals surface area contributed by atoms with Gasteiger partial charge in [-0.3, -0.25) is 35.1 Å². The minimum Gasteiger partial charge on any atom is -0.482 e. The van der Waals surface area contributed by atoms with Crippen molar-refractivity contribution >= 4 is 45.3 Å². The van der Waals surface area contributed by atoms with Gasteiger partial charge in [0.2, 0.25) is 0 Å². The number of nitro benzene ring substituents is 2. The number of carbonyl (C=O) groups is 2. The van der Waals surface area contributed by atoms with Crippen molar-refractivity contribution in [1.82, 2.24) is 4.98 Å². The molecule has 0 aliphatic carbocycles. The molecule has 0 saturated carbocycles. The third kappa shape index (κ3) is 4.45. The van der Waals surface area contributed by atoms with Crippen molar-refractivity contribution < 1.29 is 24.2 Å². The summed E-state index contributed by atoms with van der Waals surface area (Å²) in [4.78, 5) is 51.2. The Morgan fingerprint density at radius 1 is 1.21 bits per heavy atom. The average Bonchev–Trinajstić information content (AvgIpc) is 3.28. The van der Waals surface area contributed by atoms with E-state index in [1.807, 2.05) is 0 Å². The molecule has 2 heterocycles. The summed E-state index contributed by atoms with van der Waals surface area (Å²) in [6.45, 7) is 3.91. The monoisotopic (exact) mass is 481 g/mol. The number of hydrogen-bond donors (Lipinski definition) is 1. The van der Waals surface area contributed by atoms with E-state index >= 15 is 0 Å². The van der Waals surface area contributed by atoms with Gasteiger partial charge in [0.05, 0.1) is 32.9 Å². The molecule has 0 unspecified atom stereocenters. The maximum Gasteiger partial charge on any atom is 0.277 e. The number of benzene rings is 2. The highest BCUT2D eigenvalue weighted by molar-refractivity contribution is 7.14. The van der Waals surface area contributed by atoms with E-state index in [-0.39, 0.29) is 23.2 Å². The molecule has 1 N–H and O–H groups in total. The number of amides is 2. The Balaban J connectivity index is 1.59. The van der Waals surface area contributed by atoms with Gasteiger partial charge in [0, 0.05) is 29.6 Å². The lowest BCUT2D eigenvalue weighted by molar-refractivity contribution is -0.394. The Kier molecular flexibility index (Phi) is 6.01. The summed E-state index contributed by atoms with van der Waals surface area (Å²) in [5.74, 6) is -0.447. The molecule has 3 aromatic rings. The normalized spacial score (nSPS) is 12.5. The van der Waals surface area contributed by atoms with Crippen LogP contribution in [-0.4, -0.2) is 39.8 Å². The topological polar surface area (TPSA) is 158 Å². The molecule has 1 aromatic heterocycles. The van der Waals surface area contributed by atoms with Crippen molar-refractivity contribution in [3.8, 4) is 17.0 Å². The number of rotatable bonds is 7. The van der Waals surface area contributed by atoms with E-state index in [0.717, 1.165) is 29.5 Å². The molecule has 172 valence electrons. The van der Waals surface area contributed by atoms with E-state index in [4.69, 9.17) is 4.74 Å². The first-order chi connectivity index (χ1) is 16.3. The van der Waals surface area contributed by atoms with Crippen LogP contribution in [0.3, 0.4) is 0 Å². The number of non-ortho nitro benzene ring substituents is 2. The van der Waals surface area contributed by atoms with Crippen LogP contribution in [0.4, 0.5) is 22.2 Å². The van der Waals surface area contributed by atoms with Crippen LogP contribution in [0.15, 0.2) is 54.4 Å². The van der Waals surface area contributed by atoms with Gasteiger partial charge in [0.1, 0.15) is 5.75 Å². The van der Waals surface area contributed by atoms with E-state index in [1.165, 1.54) is 0 Å². The lowest BCUT2D eigenvalue weighted by Gasteiger charge is -2.28. The van der Waals surface area contributed by atoms with Crippen LogP contribution in [0.2, 0.25) is 0 Å². The molecule has 0 saturated heterocycles. The largest absolute Gasteiger partial charge is 0.482 e. The average molecular weight is 481 g/mol. The number of anilines is 2. The van der Waals surface area contributed by atoms with Crippen LogP contribution >= 0.6 is 11.3 Å².